The van der Waals surface area contributed by atoms with Crippen molar-refractivity contribution in [3.8, 4) is 11.1 Å². The molecule has 35 heavy (non-hydrogen) atoms. The van der Waals surface area contributed by atoms with E-state index in [0.29, 0.717) is 24.4 Å². The Balaban J connectivity index is 1.61. The Hall–Kier alpha value is -3.41. The van der Waals surface area contributed by atoms with Crippen LogP contribution in [0.15, 0.2) is 53.3 Å². The molecule has 0 aliphatic heterocycles. The average molecular weight is 475 g/mol. The Labute approximate surface area is 206 Å². The van der Waals surface area contributed by atoms with Gasteiger partial charge < -0.3 is 5.11 Å². The number of carboxylic acids is 1. The third-order valence-corrected chi connectivity index (χ3v) is 7.19. The second-order valence-electron chi connectivity index (χ2n) is 9.64. The minimum absolute atomic E-state index is 0.0869. The van der Waals surface area contributed by atoms with Gasteiger partial charge in [-0.1, -0.05) is 75.1 Å². The zero-order valence-electron chi connectivity index (χ0n) is 20.6. The number of benzene rings is 2. The number of hydrogen-bond donors (Lipinski definition) is 1. The number of hydrogen-bond acceptors (Lipinski definition) is 3. The van der Waals surface area contributed by atoms with Crippen LogP contribution in [0.25, 0.3) is 11.1 Å². The Morgan fingerprint density at radius 2 is 1.69 bits per heavy atom. The number of aromatic carboxylic acids is 1. The SMILES string of the molecule is CCCc1c(C)n(C(=O)CC2CCCCC2)c(=O)n1Cc1ccc(-c2ccccc2C(=O)O)cc1. The molecule has 0 bridgehead atoms. The van der Waals surface area contributed by atoms with Crippen LogP contribution in [-0.4, -0.2) is 26.1 Å². The Kier molecular flexibility index (Phi) is 7.69. The highest BCUT2D eigenvalue weighted by molar-refractivity contribution is 5.96. The van der Waals surface area contributed by atoms with Crippen molar-refractivity contribution in [2.75, 3.05) is 0 Å². The van der Waals surface area contributed by atoms with Crippen molar-refractivity contribution in [2.24, 2.45) is 5.92 Å². The molecule has 0 unspecified atom stereocenters. The maximum Gasteiger partial charge on any atom is 0.336 e. The quantitative estimate of drug-likeness (QED) is 0.438. The van der Waals surface area contributed by atoms with E-state index < -0.39 is 5.97 Å². The van der Waals surface area contributed by atoms with E-state index >= 15 is 0 Å². The first-order valence-electron chi connectivity index (χ1n) is 12.7. The molecule has 0 atom stereocenters. The molecular weight excluding hydrogens is 440 g/mol. The Morgan fingerprint density at radius 3 is 2.34 bits per heavy atom. The third-order valence-electron chi connectivity index (χ3n) is 7.19. The molecule has 0 saturated heterocycles. The molecule has 0 radical (unpaired) electrons. The molecule has 1 aliphatic rings. The topological polar surface area (TPSA) is 81.3 Å². The molecule has 0 spiro atoms. The van der Waals surface area contributed by atoms with Crippen LogP contribution in [0.3, 0.4) is 0 Å². The van der Waals surface area contributed by atoms with Crippen LogP contribution >= 0.6 is 0 Å². The van der Waals surface area contributed by atoms with Gasteiger partial charge in [-0.15, -0.1) is 0 Å². The van der Waals surface area contributed by atoms with Gasteiger partial charge in [-0.25, -0.2) is 14.2 Å². The van der Waals surface area contributed by atoms with Crippen molar-refractivity contribution in [3.05, 3.63) is 81.5 Å². The fraction of sp³-hybridized carbons (Fsp3) is 0.414. The van der Waals surface area contributed by atoms with Gasteiger partial charge in [-0.2, -0.15) is 0 Å². The largest absolute Gasteiger partial charge is 0.478 e. The van der Waals surface area contributed by atoms with Crippen LogP contribution in [-0.2, 0) is 13.0 Å². The maximum absolute atomic E-state index is 13.4. The van der Waals surface area contributed by atoms with Crippen LogP contribution in [0.2, 0.25) is 0 Å². The summed E-state index contributed by atoms with van der Waals surface area (Å²) in [6.07, 6.45) is 7.76. The van der Waals surface area contributed by atoms with Crippen molar-refractivity contribution in [2.45, 2.75) is 71.8 Å². The van der Waals surface area contributed by atoms with E-state index in [1.165, 1.54) is 23.8 Å². The average Bonchev–Trinajstić information content (AvgIpc) is 3.09. The highest BCUT2D eigenvalue weighted by atomic mass is 16.4. The number of carbonyl (C=O) groups is 2. The summed E-state index contributed by atoms with van der Waals surface area (Å²) in [5.41, 5.74) is 4.06. The Morgan fingerprint density at radius 1 is 1.00 bits per heavy atom. The Bertz CT molecular complexity index is 1260. The molecule has 2 aromatic carbocycles. The lowest BCUT2D eigenvalue weighted by atomic mass is 9.87. The fourth-order valence-corrected chi connectivity index (χ4v) is 5.34. The van der Waals surface area contributed by atoms with Gasteiger partial charge in [0.1, 0.15) is 0 Å². The van der Waals surface area contributed by atoms with Crippen molar-refractivity contribution in [1.82, 2.24) is 9.13 Å². The molecule has 0 amide bonds. The molecular formula is C29H34N2O4. The lowest BCUT2D eigenvalue weighted by molar-refractivity contribution is 0.0697. The van der Waals surface area contributed by atoms with Gasteiger partial charge in [-0.05, 0) is 54.9 Å². The van der Waals surface area contributed by atoms with Crippen LogP contribution in [0.4, 0.5) is 0 Å². The molecule has 1 N–H and O–H groups in total. The lowest BCUT2D eigenvalue weighted by Gasteiger charge is -2.20. The summed E-state index contributed by atoms with van der Waals surface area (Å²) >= 11 is 0. The van der Waals surface area contributed by atoms with Gasteiger partial charge in [0.05, 0.1) is 12.1 Å². The number of carboxylic acid groups (broad SMARTS) is 1. The van der Waals surface area contributed by atoms with E-state index in [-0.39, 0.29) is 17.2 Å². The van der Waals surface area contributed by atoms with E-state index in [1.54, 1.807) is 22.8 Å². The fourth-order valence-electron chi connectivity index (χ4n) is 5.34. The van der Waals surface area contributed by atoms with Crippen LogP contribution < -0.4 is 5.69 Å². The highest BCUT2D eigenvalue weighted by Gasteiger charge is 2.24. The van der Waals surface area contributed by atoms with E-state index in [1.807, 2.05) is 37.3 Å². The minimum atomic E-state index is -0.963. The van der Waals surface area contributed by atoms with E-state index in [0.717, 1.165) is 48.2 Å². The number of imidazole rings is 1. The summed E-state index contributed by atoms with van der Waals surface area (Å²) in [5, 5.41) is 9.50. The summed E-state index contributed by atoms with van der Waals surface area (Å²) in [7, 11) is 0. The molecule has 184 valence electrons. The summed E-state index contributed by atoms with van der Waals surface area (Å²) in [6.45, 7) is 4.33. The molecule has 1 saturated carbocycles. The van der Waals surface area contributed by atoms with Crippen molar-refractivity contribution >= 4 is 11.9 Å². The number of carbonyl (C=O) groups excluding carboxylic acids is 1. The van der Waals surface area contributed by atoms with Crippen molar-refractivity contribution in [3.63, 3.8) is 0 Å². The maximum atomic E-state index is 13.4. The predicted molar refractivity (Wildman–Crippen MR) is 137 cm³/mol. The molecule has 4 rings (SSSR count). The molecule has 1 aliphatic carbocycles. The lowest BCUT2D eigenvalue weighted by Crippen LogP contribution is -2.31. The molecule has 3 aromatic rings. The zero-order chi connectivity index (χ0) is 24.9. The standard InChI is InChI=1S/C29H34N2O4/c1-3-9-26-20(2)31(27(32)18-21-10-5-4-6-11-21)29(35)30(26)19-22-14-16-23(17-15-22)24-12-7-8-13-25(24)28(33)34/h7-8,12-17,21H,3-6,9-11,18-19H2,1-2H3,(H,33,34). The van der Waals surface area contributed by atoms with E-state index in [4.69, 9.17) is 0 Å². The van der Waals surface area contributed by atoms with Gasteiger partial charge in [-0.3, -0.25) is 9.36 Å². The summed E-state index contributed by atoms with van der Waals surface area (Å²) in [5.74, 6) is -0.673. The summed E-state index contributed by atoms with van der Waals surface area (Å²) < 4.78 is 3.13. The molecule has 1 heterocycles. The zero-order valence-corrected chi connectivity index (χ0v) is 20.6. The van der Waals surface area contributed by atoms with Gasteiger partial charge in [0.15, 0.2) is 0 Å². The monoisotopic (exact) mass is 474 g/mol. The minimum Gasteiger partial charge on any atom is -0.478 e. The highest BCUT2D eigenvalue weighted by Crippen LogP contribution is 2.27. The first-order valence-corrected chi connectivity index (χ1v) is 12.7. The van der Waals surface area contributed by atoms with Crippen molar-refractivity contribution in [1.29, 1.82) is 0 Å². The van der Waals surface area contributed by atoms with Gasteiger partial charge in [0.25, 0.3) is 0 Å². The number of nitrogens with zero attached hydrogens (tertiary/aromatic N) is 2. The molecule has 1 fully saturated rings. The van der Waals surface area contributed by atoms with Crippen LogP contribution in [0.1, 0.15) is 84.0 Å². The normalized spacial score (nSPS) is 14.2. The second-order valence-corrected chi connectivity index (χ2v) is 9.64. The number of aromatic nitrogens is 2. The first-order chi connectivity index (χ1) is 16.9. The summed E-state index contributed by atoms with van der Waals surface area (Å²) in [6, 6.07) is 14.5. The third kappa shape index (κ3) is 5.31. The molecule has 6 heteroatoms. The summed E-state index contributed by atoms with van der Waals surface area (Å²) in [4.78, 5) is 38.2. The van der Waals surface area contributed by atoms with Crippen LogP contribution in [0, 0.1) is 12.8 Å². The smallest absolute Gasteiger partial charge is 0.336 e. The molecule has 1 aromatic heterocycles. The van der Waals surface area contributed by atoms with Gasteiger partial charge in [0, 0.05) is 17.8 Å². The number of rotatable bonds is 8. The van der Waals surface area contributed by atoms with Gasteiger partial charge >= 0.3 is 11.7 Å². The van der Waals surface area contributed by atoms with E-state index in [2.05, 4.69) is 6.92 Å². The first kappa shape index (κ1) is 24.7. The molecule has 6 nitrogen and oxygen atoms in total. The predicted octanol–water partition coefficient (Wildman–Crippen LogP) is 5.93. The van der Waals surface area contributed by atoms with Crippen molar-refractivity contribution < 1.29 is 14.7 Å². The second kappa shape index (κ2) is 10.9. The van der Waals surface area contributed by atoms with Crippen LogP contribution in [0.5, 0.6) is 0 Å². The van der Waals surface area contributed by atoms with E-state index in [9.17, 15) is 19.5 Å². The van der Waals surface area contributed by atoms with Gasteiger partial charge in [0.2, 0.25) is 5.91 Å².